The van der Waals surface area contributed by atoms with E-state index in [1.54, 1.807) is 12.3 Å². The highest BCUT2D eigenvalue weighted by Crippen LogP contribution is 2.23. The largest absolute Gasteiger partial charge is 0.360 e. The highest BCUT2D eigenvalue weighted by Gasteiger charge is 2.15. The Morgan fingerprint density at radius 1 is 1.16 bits per heavy atom. The molecule has 1 heterocycles. The number of para-hydroxylation sites is 1. The number of benzene rings is 2. The smallest absolute Gasteiger partial charge is 0.195 e. The van der Waals surface area contributed by atoms with E-state index in [1.807, 2.05) is 24.3 Å². The van der Waals surface area contributed by atoms with Crippen LogP contribution in [0.5, 0.6) is 0 Å². The summed E-state index contributed by atoms with van der Waals surface area (Å²) in [7, 11) is 0. The van der Waals surface area contributed by atoms with Crippen molar-refractivity contribution in [1.29, 1.82) is 0 Å². The standard InChI is InChI=1S/C15H9BrFNO/c16-10-5-9(6-11(17)7-10)15(19)13-8-18-14-4-2-1-3-12(13)14/h1-8,18H. The molecular weight excluding hydrogens is 309 g/mol. The van der Waals surface area contributed by atoms with Crippen LogP contribution in [-0.4, -0.2) is 10.8 Å². The van der Waals surface area contributed by atoms with Gasteiger partial charge in [-0.3, -0.25) is 4.79 Å². The number of carbonyl (C=O) groups excluding carboxylic acids is 1. The number of hydrogen-bond donors (Lipinski definition) is 1. The first kappa shape index (κ1) is 12.1. The zero-order valence-corrected chi connectivity index (χ0v) is 11.4. The van der Waals surface area contributed by atoms with Crippen LogP contribution in [0, 0.1) is 5.82 Å². The van der Waals surface area contributed by atoms with E-state index < -0.39 is 5.82 Å². The van der Waals surface area contributed by atoms with Gasteiger partial charge in [0.2, 0.25) is 0 Å². The fourth-order valence-electron chi connectivity index (χ4n) is 2.10. The van der Waals surface area contributed by atoms with Crippen LogP contribution in [0.2, 0.25) is 0 Å². The van der Waals surface area contributed by atoms with Crippen LogP contribution in [0.3, 0.4) is 0 Å². The third-order valence-corrected chi connectivity index (χ3v) is 3.42. The van der Waals surface area contributed by atoms with Gasteiger partial charge in [-0.1, -0.05) is 34.1 Å². The Labute approximate surface area is 117 Å². The van der Waals surface area contributed by atoms with E-state index >= 15 is 0 Å². The van der Waals surface area contributed by atoms with Gasteiger partial charge >= 0.3 is 0 Å². The molecule has 0 aliphatic rings. The molecule has 0 radical (unpaired) electrons. The predicted octanol–water partition coefficient (Wildman–Crippen LogP) is 4.30. The summed E-state index contributed by atoms with van der Waals surface area (Å²) < 4.78 is 13.9. The molecule has 0 aliphatic heterocycles. The quantitative estimate of drug-likeness (QED) is 0.702. The fourth-order valence-corrected chi connectivity index (χ4v) is 2.57. The second kappa shape index (κ2) is 4.63. The maximum atomic E-state index is 13.4. The van der Waals surface area contributed by atoms with Gasteiger partial charge in [-0.25, -0.2) is 4.39 Å². The van der Waals surface area contributed by atoms with Crippen molar-refractivity contribution in [3.8, 4) is 0 Å². The fraction of sp³-hybridized carbons (Fsp3) is 0. The van der Waals surface area contributed by atoms with E-state index in [2.05, 4.69) is 20.9 Å². The van der Waals surface area contributed by atoms with Crippen molar-refractivity contribution in [1.82, 2.24) is 4.98 Å². The predicted molar refractivity (Wildman–Crippen MR) is 75.8 cm³/mol. The Bertz CT molecular complexity index is 758. The normalized spacial score (nSPS) is 10.8. The van der Waals surface area contributed by atoms with Gasteiger partial charge in [-0.05, 0) is 24.3 Å². The third-order valence-electron chi connectivity index (χ3n) is 2.96. The molecule has 0 atom stereocenters. The first-order valence-corrected chi connectivity index (χ1v) is 6.51. The van der Waals surface area contributed by atoms with E-state index in [4.69, 9.17) is 0 Å². The van der Waals surface area contributed by atoms with Gasteiger partial charge in [-0.15, -0.1) is 0 Å². The van der Waals surface area contributed by atoms with Crippen LogP contribution < -0.4 is 0 Å². The summed E-state index contributed by atoms with van der Waals surface area (Å²) in [6.45, 7) is 0. The zero-order chi connectivity index (χ0) is 13.4. The number of rotatable bonds is 2. The molecule has 2 nitrogen and oxygen atoms in total. The minimum atomic E-state index is -0.433. The summed E-state index contributed by atoms with van der Waals surface area (Å²) in [5.41, 5.74) is 1.77. The molecule has 4 heteroatoms. The molecule has 0 bridgehead atoms. The minimum absolute atomic E-state index is 0.197. The highest BCUT2D eigenvalue weighted by atomic mass is 79.9. The summed E-state index contributed by atoms with van der Waals surface area (Å²) in [6.07, 6.45) is 1.66. The Morgan fingerprint density at radius 3 is 2.74 bits per heavy atom. The molecule has 0 fully saturated rings. The maximum absolute atomic E-state index is 13.4. The molecule has 19 heavy (non-hydrogen) atoms. The van der Waals surface area contributed by atoms with Crippen LogP contribution in [0.1, 0.15) is 15.9 Å². The molecule has 1 N–H and O–H groups in total. The van der Waals surface area contributed by atoms with Crippen LogP contribution in [0.25, 0.3) is 10.9 Å². The topological polar surface area (TPSA) is 32.9 Å². The van der Waals surface area contributed by atoms with Gasteiger partial charge < -0.3 is 4.98 Å². The average molecular weight is 318 g/mol. The van der Waals surface area contributed by atoms with E-state index in [-0.39, 0.29) is 5.78 Å². The van der Waals surface area contributed by atoms with Crippen molar-refractivity contribution >= 4 is 32.6 Å². The molecule has 0 spiro atoms. The SMILES string of the molecule is O=C(c1cc(F)cc(Br)c1)c1c[nH]c2ccccc12. The monoisotopic (exact) mass is 317 g/mol. The maximum Gasteiger partial charge on any atom is 0.195 e. The van der Waals surface area contributed by atoms with E-state index in [0.29, 0.717) is 15.6 Å². The molecule has 94 valence electrons. The second-order valence-corrected chi connectivity index (χ2v) is 5.15. The van der Waals surface area contributed by atoms with Gasteiger partial charge in [-0.2, -0.15) is 0 Å². The molecular formula is C15H9BrFNO. The van der Waals surface area contributed by atoms with E-state index in [0.717, 1.165) is 10.9 Å². The van der Waals surface area contributed by atoms with Crippen LogP contribution in [0.15, 0.2) is 53.1 Å². The number of carbonyl (C=O) groups is 1. The lowest BCUT2D eigenvalue weighted by Crippen LogP contribution is -2.01. The zero-order valence-electron chi connectivity index (χ0n) is 9.78. The van der Waals surface area contributed by atoms with Crippen molar-refractivity contribution in [2.75, 3.05) is 0 Å². The Balaban J connectivity index is 2.13. The molecule has 0 saturated carbocycles. The molecule has 3 aromatic rings. The molecule has 2 aromatic carbocycles. The number of aromatic amines is 1. The lowest BCUT2D eigenvalue weighted by atomic mass is 10.0. The second-order valence-electron chi connectivity index (χ2n) is 4.24. The van der Waals surface area contributed by atoms with Crippen LogP contribution in [0.4, 0.5) is 4.39 Å². The van der Waals surface area contributed by atoms with Gasteiger partial charge in [0, 0.05) is 32.7 Å². The lowest BCUT2D eigenvalue weighted by molar-refractivity contribution is 0.104. The van der Waals surface area contributed by atoms with Crippen molar-refractivity contribution in [3.63, 3.8) is 0 Å². The minimum Gasteiger partial charge on any atom is -0.360 e. The Morgan fingerprint density at radius 2 is 1.95 bits per heavy atom. The van der Waals surface area contributed by atoms with Crippen molar-refractivity contribution in [3.05, 3.63) is 70.1 Å². The summed E-state index contributed by atoms with van der Waals surface area (Å²) in [5.74, 6) is -0.629. The summed E-state index contributed by atoms with van der Waals surface area (Å²) in [5, 5.41) is 0.841. The van der Waals surface area contributed by atoms with Gasteiger partial charge in [0.1, 0.15) is 5.82 Å². The first-order valence-electron chi connectivity index (χ1n) is 5.72. The number of ketones is 1. The first-order chi connectivity index (χ1) is 9.15. The summed E-state index contributed by atoms with van der Waals surface area (Å²) in [4.78, 5) is 15.5. The number of nitrogens with one attached hydrogen (secondary N) is 1. The Hall–Kier alpha value is -1.94. The number of fused-ring (bicyclic) bond motifs is 1. The average Bonchev–Trinajstić information content (AvgIpc) is 2.80. The van der Waals surface area contributed by atoms with Crippen LogP contribution >= 0.6 is 15.9 Å². The molecule has 0 amide bonds. The third kappa shape index (κ3) is 2.19. The highest BCUT2D eigenvalue weighted by molar-refractivity contribution is 9.10. The summed E-state index contributed by atoms with van der Waals surface area (Å²) in [6, 6.07) is 11.7. The molecule has 0 aliphatic carbocycles. The van der Waals surface area contributed by atoms with Gasteiger partial charge in [0.25, 0.3) is 0 Å². The van der Waals surface area contributed by atoms with E-state index in [9.17, 15) is 9.18 Å². The molecule has 3 rings (SSSR count). The molecule has 0 unspecified atom stereocenters. The lowest BCUT2D eigenvalue weighted by Gasteiger charge is -2.01. The van der Waals surface area contributed by atoms with Crippen molar-refractivity contribution in [2.45, 2.75) is 0 Å². The summed E-state index contributed by atoms with van der Waals surface area (Å²) >= 11 is 3.19. The molecule has 0 saturated heterocycles. The number of halogens is 2. The number of hydrogen-bond acceptors (Lipinski definition) is 1. The Kier molecular flexibility index (Phi) is 2.95. The van der Waals surface area contributed by atoms with E-state index in [1.165, 1.54) is 12.1 Å². The van der Waals surface area contributed by atoms with Gasteiger partial charge in [0.15, 0.2) is 5.78 Å². The number of H-pyrrole nitrogens is 1. The van der Waals surface area contributed by atoms with Crippen molar-refractivity contribution in [2.24, 2.45) is 0 Å². The van der Waals surface area contributed by atoms with Crippen molar-refractivity contribution < 1.29 is 9.18 Å². The molecule has 1 aromatic heterocycles. The van der Waals surface area contributed by atoms with Gasteiger partial charge in [0.05, 0.1) is 0 Å². The number of aromatic nitrogens is 1. The van der Waals surface area contributed by atoms with Crippen LogP contribution in [-0.2, 0) is 0 Å².